The van der Waals surface area contributed by atoms with E-state index < -0.39 is 0 Å². The largest absolute Gasteiger partial charge is 0.337 e. The number of piperazine rings is 1. The summed E-state index contributed by atoms with van der Waals surface area (Å²) in [4.78, 5) is 13.6. The summed E-state index contributed by atoms with van der Waals surface area (Å²) in [7, 11) is 4.01. The van der Waals surface area contributed by atoms with Gasteiger partial charge in [0.05, 0.1) is 19.3 Å². The normalized spacial score (nSPS) is 17.5. The van der Waals surface area contributed by atoms with Crippen LogP contribution in [0.15, 0.2) is 18.6 Å². The SMILES string of the molecule is Cn1ccnc1CN1CCN(Cc2ncc(Cl)n2C)CC1. The molecular formula is C14H21ClN6. The molecule has 2 aromatic rings. The maximum atomic E-state index is 6.03. The maximum Gasteiger partial charge on any atom is 0.128 e. The van der Waals surface area contributed by atoms with Gasteiger partial charge in [-0.05, 0) is 0 Å². The second kappa shape index (κ2) is 6.17. The number of aromatic nitrogens is 4. The van der Waals surface area contributed by atoms with E-state index in [1.807, 2.05) is 31.1 Å². The lowest BCUT2D eigenvalue weighted by Crippen LogP contribution is -2.45. The second-order valence-electron chi connectivity index (χ2n) is 5.56. The van der Waals surface area contributed by atoms with Crippen LogP contribution in [0, 0.1) is 0 Å². The Morgan fingerprint density at radius 1 is 1.00 bits per heavy atom. The zero-order valence-electron chi connectivity index (χ0n) is 12.5. The van der Waals surface area contributed by atoms with Gasteiger partial charge in [-0.15, -0.1) is 0 Å². The van der Waals surface area contributed by atoms with Gasteiger partial charge in [-0.3, -0.25) is 9.80 Å². The van der Waals surface area contributed by atoms with Crippen molar-refractivity contribution in [1.82, 2.24) is 28.9 Å². The molecule has 0 radical (unpaired) electrons. The lowest BCUT2D eigenvalue weighted by molar-refractivity contribution is 0.116. The summed E-state index contributed by atoms with van der Waals surface area (Å²) in [5.41, 5.74) is 0. The highest BCUT2D eigenvalue weighted by molar-refractivity contribution is 6.29. The minimum absolute atomic E-state index is 0.693. The smallest absolute Gasteiger partial charge is 0.128 e. The molecule has 0 spiro atoms. The zero-order valence-corrected chi connectivity index (χ0v) is 13.3. The molecule has 0 unspecified atom stereocenters. The predicted molar refractivity (Wildman–Crippen MR) is 82.0 cm³/mol. The third-order valence-corrected chi connectivity index (χ3v) is 4.49. The van der Waals surface area contributed by atoms with Crippen molar-refractivity contribution in [2.75, 3.05) is 26.2 Å². The molecule has 2 aromatic heterocycles. The van der Waals surface area contributed by atoms with Gasteiger partial charge in [0.15, 0.2) is 0 Å². The fraction of sp³-hybridized carbons (Fsp3) is 0.571. The van der Waals surface area contributed by atoms with E-state index in [-0.39, 0.29) is 0 Å². The highest BCUT2D eigenvalue weighted by atomic mass is 35.5. The summed E-state index contributed by atoms with van der Waals surface area (Å²) < 4.78 is 4.03. The summed E-state index contributed by atoms with van der Waals surface area (Å²) in [5.74, 6) is 2.15. The van der Waals surface area contributed by atoms with Gasteiger partial charge in [-0.25, -0.2) is 9.97 Å². The maximum absolute atomic E-state index is 6.03. The van der Waals surface area contributed by atoms with Crippen LogP contribution in [0.2, 0.25) is 5.15 Å². The molecule has 0 N–H and O–H groups in total. The average molecular weight is 309 g/mol. The van der Waals surface area contributed by atoms with Crippen LogP contribution in [0.3, 0.4) is 0 Å². The minimum Gasteiger partial charge on any atom is -0.337 e. The Labute approximate surface area is 130 Å². The van der Waals surface area contributed by atoms with Crippen molar-refractivity contribution in [3.05, 3.63) is 35.4 Å². The average Bonchev–Trinajstić information content (AvgIpc) is 3.02. The summed E-state index contributed by atoms with van der Waals surface area (Å²) >= 11 is 6.03. The molecule has 21 heavy (non-hydrogen) atoms. The molecule has 0 aliphatic carbocycles. The lowest BCUT2D eigenvalue weighted by atomic mass is 10.3. The van der Waals surface area contributed by atoms with Gasteiger partial charge < -0.3 is 9.13 Å². The fourth-order valence-electron chi connectivity index (χ4n) is 2.63. The second-order valence-corrected chi connectivity index (χ2v) is 5.95. The van der Waals surface area contributed by atoms with Crippen LogP contribution in [-0.2, 0) is 27.2 Å². The molecule has 0 saturated carbocycles. The molecule has 0 aromatic carbocycles. The van der Waals surface area contributed by atoms with Crippen LogP contribution in [0.25, 0.3) is 0 Å². The molecule has 0 atom stereocenters. The first-order valence-corrected chi connectivity index (χ1v) is 7.58. The van der Waals surface area contributed by atoms with Crippen molar-refractivity contribution in [3.63, 3.8) is 0 Å². The van der Waals surface area contributed by atoms with Crippen LogP contribution in [-0.4, -0.2) is 55.1 Å². The van der Waals surface area contributed by atoms with Crippen molar-refractivity contribution in [3.8, 4) is 0 Å². The van der Waals surface area contributed by atoms with Crippen molar-refractivity contribution in [1.29, 1.82) is 0 Å². The van der Waals surface area contributed by atoms with Gasteiger partial charge in [-0.2, -0.15) is 0 Å². The molecule has 3 rings (SSSR count). The number of nitrogens with zero attached hydrogens (tertiary/aromatic N) is 6. The number of hydrogen-bond acceptors (Lipinski definition) is 4. The topological polar surface area (TPSA) is 42.1 Å². The van der Waals surface area contributed by atoms with Gasteiger partial charge in [0, 0.05) is 52.7 Å². The molecule has 6 nitrogen and oxygen atoms in total. The number of imidazole rings is 2. The van der Waals surface area contributed by atoms with E-state index in [9.17, 15) is 0 Å². The number of rotatable bonds is 4. The van der Waals surface area contributed by atoms with Crippen LogP contribution in [0.4, 0.5) is 0 Å². The zero-order chi connectivity index (χ0) is 14.8. The lowest BCUT2D eigenvalue weighted by Gasteiger charge is -2.34. The Balaban J connectivity index is 1.51. The number of aryl methyl sites for hydroxylation is 1. The summed E-state index contributed by atoms with van der Waals surface area (Å²) in [5, 5.41) is 0.693. The standard InChI is InChI=1S/C14H21ClN6/c1-18-4-3-16-13(18)10-20-5-7-21(8-6-20)11-14-17-9-12(15)19(14)2/h3-4,9H,5-8,10-11H2,1-2H3. The van der Waals surface area contributed by atoms with Crippen molar-refractivity contribution in [2.24, 2.45) is 14.1 Å². The fourth-order valence-corrected chi connectivity index (χ4v) is 2.77. The van der Waals surface area contributed by atoms with E-state index in [0.717, 1.165) is 50.9 Å². The first kappa shape index (κ1) is 14.6. The molecule has 1 aliphatic heterocycles. The van der Waals surface area contributed by atoms with Gasteiger partial charge in [0.25, 0.3) is 0 Å². The van der Waals surface area contributed by atoms with E-state index >= 15 is 0 Å². The predicted octanol–water partition coefficient (Wildman–Crippen LogP) is 1.12. The quantitative estimate of drug-likeness (QED) is 0.849. The Morgan fingerprint density at radius 2 is 1.62 bits per heavy atom. The number of hydrogen-bond donors (Lipinski definition) is 0. The van der Waals surface area contributed by atoms with E-state index in [2.05, 4.69) is 24.3 Å². The molecule has 0 amide bonds. The molecule has 3 heterocycles. The van der Waals surface area contributed by atoms with Crippen LogP contribution < -0.4 is 0 Å². The highest BCUT2D eigenvalue weighted by Gasteiger charge is 2.19. The van der Waals surface area contributed by atoms with Crippen molar-refractivity contribution < 1.29 is 0 Å². The van der Waals surface area contributed by atoms with Crippen LogP contribution >= 0.6 is 11.6 Å². The molecule has 114 valence electrons. The minimum atomic E-state index is 0.693. The Kier molecular flexibility index (Phi) is 4.28. The monoisotopic (exact) mass is 308 g/mol. The molecule has 0 bridgehead atoms. The third kappa shape index (κ3) is 3.28. The number of halogens is 1. The van der Waals surface area contributed by atoms with Gasteiger partial charge in [0.1, 0.15) is 16.8 Å². The van der Waals surface area contributed by atoms with E-state index in [0.29, 0.717) is 5.15 Å². The van der Waals surface area contributed by atoms with E-state index in [4.69, 9.17) is 11.6 Å². The van der Waals surface area contributed by atoms with Gasteiger partial charge >= 0.3 is 0 Å². The Hall–Kier alpha value is -1.37. The Bertz CT molecular complexity index is 596. The Morgan fingerprint density at radius 3 is 2.10 bits per heavy atom. The highest BCUT2D eigenvalue weighted by Crippen LogP contribution is 2.13. The first-order chi connectivity index (χ1) is 10.1. The van der Waals surface area contributed by atoms with Crippen LogP contribution in [0.1, 0.15) is 11.6 Å². The van der Waals surface area contributed by atoms with Gasteiger partial charge in [-0.1, -0.05) is 11.6 Å². The van der Waals surface area contributed by atoms with Gasteiger partial charge in [0.2, 0.25) is 0 Å². The molecule has 1 aliphatic rings. The van der Waals surface area contributed by atoms with E-state index in [1.165, 1.54) is 0 Å². The molecule has 7 heteroatoms. The summed E-state index contributed by atoms with van der Waals surface area (Å²) in [6.07, 6.45) is 5.57. The molecule has 1 saturated heterocycles. The summed E-state index contributed by atoms with van der Waals surface area (Å²) in [6.45, 7) is 6.00. The van der Waals surface area contributed by atoms with Crippen molar-refractivity contribution in [2.45, 2.75) is 13.1 Å². The van der Waals surface area contributed by atoms with Crippen LogP contribution in [0.5, 0.6) is 0 Å². The van der Waals surface area contributed by atoms with E-state index in [1.54, 1.807) is 6.20 Å². The molecular weight excluding hydrogens is 288 g/mol. The first-order valence-electron chi connectivity index (χ1n) is 7.20. The van der Waals surface area contributed by atoms with Crippen molar-refractivity contribution >= 4 is 11.6 Å². The molecule has 1 fully saturated rings. The third-order valence-electron chi connectivity index (χ3n) is 4.14. The summed E-state index contributed by atoms with van der Waals surface area (Å²) in [6, 6.07) is 0.